The van der Waals surface area contributed by atoms with E-state index in [0.29, 0.717) is 24.6 Å². The predicted molar refractivity (Wildman–Crippen MR) is 64.5 cm³/mol. The molecule has 3 nitrogen and oxygen atoms in total. The molecule has 102 valence electrons. The molecule has 0 fully saturated rings. The van der Waals surface area contributed by atoms with Gasteiger partial charge in [-0.3, -0.25) is 0 Å². The van der Waals surface area contributed by atoms with Gasteiger partial charge in [0.15, 0.2) is 0 Å². The quantitative estimate of drug-likeness (QED) is 0.796. The van der Waals surface area contributed by atoms with E-state index < -0.39 is 12.6 Å². The van der Waals surface area contributed by atoms with Crippen LogP contribution in [0, 0.1) is 6.92 Å². The first-order chi connectivity index (χ1) is 8.40. The summed E-state index contributed by atoms with van der Waals surface area (Å²) in [7, 11) is 0. The fraction of sp³-hybridized carbons (Fsp3) is 0.667. The van der Waals surface area contributed by atoms with Crippen LogP contribution < -0.4 is 5.32 Å². The summed E-state index contributed by atoms with van der Waals surface area (Å²) < 4.78 is 35.7. The molecule has 0 atom stereocenters. The van der Waals surface area contributed by atoms with Gasteiger partial charge in [-0.1, -0.05) is 6.92 Å². The van der Waals surface area contributed by atoms with E-state index in [1.54, 1.807) is 6.92 Å². The van der Waals surface area contributed by atoms with Gasteiger partial charge in [0.25, 0.3) is 0 Å². The van der Waals surface area contributed by atoms with Crippen molar-refractivity contribution < 1.29 is 13.2 Å². The molecule has 6 heteroatoms. The zero-order valence-corrected chi connectivity index (χ0v) is 10.6. The highest BCUT2D eigenvalue weighted by molar-refractivity contribution is 5.35. The van der Waals surface area contributed by atoms with Crippen LogP contribution in [0.4, 0.5) is 19.0 Å². The highest BCUT2D eigenvalue weighted by atomic mass is 19.4. The first kappa shape index (κ1) is 14.7. The summed E-state index contributed by atoms with van der Waals surface area (Å²) >= 11 is 0. The van der Waals surface area contributed by atoms with E-state index in [1.807, 2.05) is 13.0 Å². The molecule has 1 heterocycles. The Hall–Kier alpha value is -1.33. The lowest BCUT2D eigenvalue weighted by Crippen LogP contribution is -2.10. The Morgan fingerprint density at radius 3 is 2.56 bits per heavy atom. The normalized spacial score (nSPS) is 11.6. The molecule has 0 aliphatic carbocycles. The first-order valence-corrected chi connectivity index (χ1v) is 6.06. The third-order valence-corrected chi connectivity index (χ3v) is 2.45. The summed E-state index contributed by atoms with van der Waals surface area (Å²) in [6.45, 7) is 4.29. The van der Waals surface area contributed by atoms with Crippen molar-refractivity contribution in [2.45, 2.75) is 45.7 Å². The second kappa shape index (κ2) is 6.56. The number of anilines is 1. The highest BCUT2D eigenvalue weighted by Gasteiger charge is 2.25. The van der Waals surface area contributed by atoms with E-state index in [2.05, 4.69) is 15.3 Å². The molecule has 0 aromatic carbocycles. The Balaban J connectivity index is 2.33. The number of unbranched alkanes of at least 4 members (excludes halogenated alkanes) is 1. The highest BCUT2D eigenvalue weighted by Crippen LogP contribution is 2.22. The van der Waals surface area contributed by atoms with Crippen LogP contribution in [-0.4, -0.2) is 22.7 Å². The van der Waals surface area contributed by atoms with Crippen molar-refractivity contribution in [3.63, 3.8) is 0 Å². The number of hydrogen-bond donors (Lipinski definition) is 1. The van der Waals surface area contributed by atoms with Gasteiger partial charge in [-0.15, -0.1) is 0 Å². The fourth-order valence-corrected chi connectivity index (χ4v) is 1.57. The Labute approximate surface area is 105 Å². The minimum absolute atomic E-state index is 0.140. The molecule has 0 amide bonds. The van der Waals surface area contributed by atoms with Gasteiger partial charge in [0, 0.05) is 24.7 Å². The van der Waals surface area contributed by atoms with Gasteiger partial charge in [0.2, 0.25) is 0 Å². The van der Waals surface area contributed by atoms with Crippen LogP contribution in [0.5, 0.6) is 0 Å². The number of hydrogen-bond acceptors (Lipinski definition) is 3. The maximum absolute atomic E-state index is 11.9. The van der Waals surface area contributed by atoms with Gasteiger partial charge in [0.05, 0.1) is 0 Å². The van der Waals surface area contributed by atoms with Crippen molar-refractivity contribution in [1.82, 2.24) is 9.97 Å². The molecule has 0 unspecified atom stereocenters. The van der Waals surface area contributed by atoms with E-state index in [0.717, 1.165) is 12.1 Å². The number of nitrogens with one attached hydrogen (secondary N) is 1. The molecule has 0 saturated carbocycles. The smallest absolute Gasteiger partial charge is 0.370 e. The van der Waals surface area contributed by atoms with E-state index in [-0.39, 0.29) is 6.42 Å². The number of rotatable bonds is 6. The largest absolute Gasteiger partial charge is 0.389 e. The molecule has 1 rings (SSSR count). The molecule has 0 saturated heterocycles. The van der Waals surface area contributed by atoms with Crippen molar-refractivity contribution >= 4 is 5.82 Å². The minimum atomic E-state index is -4.05. The zero-order chi connectivity index (χ0) is 13.6. The maximum atomic E-state index is 11.9. The van der Waals surface area contributed by atoms with Gasteiger partial charge in [-0.25, -0.2) is 9.97 Å². The monoisotopic (exact) mass is 261 g/mol. The average Bonchev–Trinajstić information content (AvgIpc) is 2.26. The Kier molecular flexibility index (Phi) is 5.37. The number of alkyl halides is 3. The summed E-state index contributed by atoms with van der Waals surface area (Å²) in [5.74, 6) is 1.36. The van der Waals surface area contributed by atoms with Gasteiger partial charge in [0.1, 0.15) is 11.6 Å². The molecular weight excluding hydrogens is 243 g/mol. The van der Waals surface area contributed by atoms with Crippen molar-refractivity contribution in [3.05, 3.63) is 17.6 Å². The van der Waals surface area contributed by atoms with Gasteiger partial charge >= 0.3 is 6.18 Å². The van der Waals surface area contributed by atoms with Gasteiger partial charge < -0.3 is 5.32 Å². The molecule has 0 radical (unpaired) electrons. The van der Waals surface area contributed by atoms with Gasteiger partial charge in [-0.2, -0.15) is 13.2 Å². The summed E-state index contributed by atoms with van der Waals surface area (Å²) in [6.07, 6.45) is -3.35. The van der Waals surface area contributed by atoms with Crippen LogP contribution >= 0.6 is 0 Å². The van der Waals surface area contributed by atoms with Crippen molar-refractivity contribution in [1.29, 1.82) is 0 Å². The van der Waals surface area contributed by atoms with Crippen LogP contribution in [0.25, 0.3) is 0 Å². The van der Waals surface area contributed by atoms with E-state index >= 15 is 0 Å². The van der Waals surface area contributed by atoms with Crippen molar-refractivity contribution in [3.8, 4) is 0 Å². The number of nitrogens with zero attached hydrogens (tertiary/aromatic N) is 2. The molecule has 0 spiro atoms. The third kappa shape index (κ3) is 5.84. The van der Waals surface area contributed by atoms with Crippen molar-refractivity contribution in [2.24, 2.45) is 0 Å². The van der Waals surface area contributed by atoms with Crippen LogP contribution in [0.1, 0.15) is 37.7 Å². The van der Waals surface area contributed by atoms with E-state index in [4.69, 9.17) is 0 Å². The first-order valence-electron chi connectivity index (χ1n) is 6.06. The van der Waals surface area contributed by atoms with Gasteiger partial charge in [-0.05, 0) is 26.2 Å². The number of aromatic nitrogens is 2. The molecular formula is C12H18F3N3. The second-order valence-corrected chi connectivity index (χ2v) is 4.14. The molecule has 0 aliphatic heterocycles. The van der Waals surface area contributed by atoms with Crippen LogP contribution in [0.2, 0.25) is 0 Å². The molecule has 0 aliphatic rings. The Bertz CT molecular complexity index is 377. The average molecular weight is 261 g/mol. The number of halogens is 3. The maximum Gasteiger partial charge on any atom is 0.389 e. The van der Waals surface area contributed by atoms with Crippen LogP contribution in [0.3, 0.4) is 0 Å². The standard InChI is InChI=1S/C12H18F3N3/c1-3-10-8-11(18-9(2)17-10)16-7-5-4-6-12(13,14)15/h8H,3-7H2,1-2H3,(H,16,17,18). The lowest BCUT2D eigenvalue weighted by Gasteiger charge is -2.08. The second-order valence-electron chi connectivity index (χ2n) is 4.14. The fourth-order valence-electron chi connectivity index (χ4n) is 1.57. The third-order valence-electron chi connectivity index (χ3n) is 2.45. The van der Waals surface area contributed by atoms with E-state index in [9.17, 15) is 13.2 Å². The lowest BCUT2D eigenvalue weighted by molar-refractivity contribution is -0.135. The molecule has 0 bridgehead atoms. The summed E-state index contributed by atoms with van der Waals surface area (Å²) in [5, 5.41) is 3.03. The SMILES string of the molecule is CCc1cc(NCCCCC(F)(F)F)nc(C)n1. The summed E-state index contributed by atoms with van der Waals surface area (Å²) in [4.78, 5) is 8.41. The van der Waals surface area contributed by atoms with Crippen LogP contribution in [-0.2, 0) is 6.42 Å². The summed E-state index contributed by atoms with van der Waals surface area (Å²) in [6, 6.07) is 1.83. The molecule has 18 heavy (non-hydrogen) atoms. The Morgan fingerprint density at radius 1 is 1.22 bits per heavy atom. The lowest BCUT2D eigenvalue weighted by atomic mass is 10.2. The topological polar surface area (TPSA) is 37.8 Å². The molecule has 1 N–H and O–H groups in total. The number of aryl methyl sites for hydroxylation is 2. The summed E-state index contributed by atoms with van der Waals surface area (Å²) in [5.41, 5.74) is 0.931. The van der Waals surface area contributed by atoms with Crippen LogP contribution in [0.15, 0.2) is 6.07 Å². The minimum Gasteiger partial charge on any atom is -0.370 e. The predicted octanol–water partition coefficient (Wildman–Crippen LogP) is 3.49. The Morgan fingerprint density at radius 2 is 1.94 bits per heavy atom. The van der Waals surface area contributed by atoms with Crippen molar-refractivity contribution in [2.75, 3.05) is 11.9 Å². The molecule has 1 aromatic rings. The zero-order valence-electron chi connectivity index (χ0n) is 10.6. The molecule has 1 aromatic heterocycles. The van der Waals surface area contributed by atoms with E-state index in [1.165, 1.54) is 0 Å².